The summed E-state index contributed by atoms with van der Waals surface area (Å²) in [5.74, 6) is 0.373. The van der Waals surface area contributed by atoms with Crippen LogP contribution in [0.15, 0.2) is 18.2 Å². The number of carbonyl (C=O) groups is 1. The zero-order valence-electron chi connectivity index (χ0n) is 11.9. The minimum absolute atomic E-state index is 0.109. The van der Waals surface area contributed by atoms with Gasteiger partial charge in [-0.05, 0) is 6.07 Å². The van der Waals surface area contributed by atoms with Crippen molar-refractivity contribution in [1.82, 2.24) is 9.88 Å². The van der Waals surface area contributed by atoms with Crippen LogP contribution in [-0.4, -0.2) is 55.9 Å². The minimum Gasteiger partial charge on any atom is -0.481 e. The van der Waals surface area contributed by atoms with E-state index < -0.39 is 0 Å². The third-order valence-electron chi connectivity index (χ3n) is 3.22. The van der Waals surface area contributed by atoms with Crippen molar-refractivity contribution >= 4 is 5.97 Å². The Balaban J connectivity index is 1.90. The number of pyridine rings is 1. The predicted molar refractivity (Wildman–Crippen MR) is 72.4 cm³/mol. The molecule has 1 aliphatic heterocycles. The van der Waals surface area contributed by atoms with E-state index in [1.165, 1.54) is 7.11 Å². The van der Waals surface area contributed by atoms with Crippen molar-refractivity contribution in [2.45, 2.75) is 19.1 Å². The maximum Gasteiger partial charge on any atom is 0.308 e. The summed E-state index contributed by atoms with van der Waals surface area (Å²) in [6, 6.07) is 5.71. The van der Waals surface area contributed by atoms with Gasteiger partial charge in [-0.25, -0.2) is 4.98 Å². The molecule has 0 saturated carbocycles. The van der Waals surface area contributed by atoms with Gasteiger partial charge < -0.3 is 14.2 Å². The van der Waals surface area contributed by atoms with Crippen molar-refractivity contribution < 1.29 is 19.0 Å². The van der Waals surface area contributed by atoms with Gasteiger partial charge in [0.1, 0.15) is 0 Å². The first-order valence-electron chi connectivity index (χ1n) is 6.62. The van der Waals surface area contributed by atoms with Crippen LogP contribution in [0.5, 0.6) is 5.88 Å². The number of methoxy groups -OCH3 is 2. The number of hydrogen-bond donors (Lipinski definition) is 0. The SMILES string of the molecule is COC(=O)CC1CN(Cc2cccc(OC)n2)CCO1. The van der Waals surface area contributed by atoms with Gasteiger partial charge in [-0.2, -0.15) is 0 Å². The van der Waals surface area contributed by atoms with Crippen molar-refractivity contribution in [3.05, 3.63) is 23.9 Å². The summed E-state index contributed by atoms with van der Waals surface area (Å²) in [6.07, 6.45) is 0.181. The molecule has 0 aromatic carbocycles. The molecule has 0 aliphatic carbocycles. The largest absolute Gasteiger partial charge is 0.481 e. The first-order chi connectivity index (χ1) is 9.71. The Bertz CT molecular complexity index is 453. The third kappa shape index (κ3) is 4.18. The fourth-order valence-corrected chi connectivity index (χ4v) is 2.21. The van der Waals surface area contributed by atoms with E-state index in [2.05, 4.69) is 14.6 Å². The van der Waals surface area contributed by atoms with E-state index in [9.17, 15) is 4.79 Å². The zero-order chi connectivity index (χ0) is 14.4. The van der Waals surface area contributed by atoms with Crippen LogP contribution in [0.3, 0.4) is 0 Å². The van der Waals surface area contributed by atoms with Crippen LogP contribution in [0.1, 0.15) is 12.1 Å². The van der Waals surface area contributed by atoms with Gasteiger partial charge in [0.25, 0.3) is 0 Å². The van der Waals surface area contributed by atoms with Crippen molar-refractivity contribution in [1.29, 1.82) is 0 Å². The molecule has 20 heavy (non-hydrogen) atoms. The standard InChI is InChI=1S/C14H20N2O4/c1-18-13-5-3-4-11(15-13)9-16-6-7-20-12(10-16)8-14(17)19-2/h3-5,12H,6-10H2,1-2H3. The maximum atomic E-state index is 11.3. The van der Waals surface area contributed by atoms with Crippen LogP contribution in [0, 0.1) is 0 Å². The molecule has 1 saturated heterocycles. The molecule has 1 aromatic heterocycles. The van der Waals surface area contributed by atoms with Crippen molar-refractivity contribution in [3.8, 4) is 5.88 Å². The highest BCUT2D eigenvalue weighted by Gasteiger charge is 2.23. The second-order valence-electron chi connectivity index (χ2n) is 4.68. The van der Waals surface area contributed by atoms with Gasteiger partial charge in [0.05, 0.1) is 39.0 Å². The third-order valence-corrected chi connectivity index (χ3v) is 3.22. The lowest BCUT2D eigenvalue weighted by molar-refractivity contribution is -0.145. The van der Waals surface area contributed by atoms with Crippen LogP contribution in [0.2, 0.25) is 0 Å². The quantitative estimate of drug-likeness (QED) is 0.745. The molecule has 6 nitrogen and oxygen atoms in total. The van der Waals surface area contributed by atoms with Crippen molar-refractivity contribution in [2.75, 3.05) is 33.9 Å². The number of carbonyl (C=O) groups excluding carboxylic acids is 1. The fraction of sp³-hybridized carbons (Fsp3) is 0.571. The summed E-state index contributed by atoms with van der Waals surface area (Å²) >= 11 is 0. The first-order valence-corrected chi connectivity index (χ1v) is 6.62. The smallest absolute Gasteiger partial charge is 0.308 e. The van der Waals surface area contributed by atoms with Gasteiger partial charge in [-0.1, -0.05) is 6.07 Å². The number of aromatic nitrogens is 1. The molecule has 1 fully saturated rings. The lowest BCUT2D eigenvalue weighted by atomic mass is 10.2. The highest BCUT2D eigenvalue weighted by atomic mass is 16.5. The highest BCUT2D eigenvalue weighted by Crippen LogP contribution is 2.14. The molecule has 2 rings (SSSR count). The summed E-state index contributed by atoms with van der Waals surface area (Å²) in [5, 5.41) is 0. The Hall–Kier alpha value is -1.66. The fourth-order valence-electron chi connectivity index (χ4n) is 2.21. The number of nitrogens with zero attached hydrogens (tertiary/aromatic N) is 2. The normalized spacial score (nSPS) is 19.6. The summed E-state index contributed by atoms with van der Waals surface area (Å²) in [4.78, 5) is 17.9. The van der Waals surface area contributed by atoms with Gasteiger partial charge in [0.15, 0.2) is 0 Å². The molecule has 0 spiro atoms. The maximum absolute atomic E-state index is 11.3. The molecule has 1 aromatic rings. The molecule has 110 valence electrons. The van der Waals surface area contributed by atoms with Crippen LogP contribution in [0.25, 0.3) is 0 Å². The Kier molecular flexibility index (Phi) is 5.31. The van der Waals surface area contributed by atoms with E-state index in [0.29, 0.717) is 25.5 Å². The van der Waals surface area contributed by atoms with Gasteiger partial charge in [-0.15, -0.1) is 0 Å². The van der Waals surface area contributed by atoms with Crippen LogP contribution >= 0.6 is 0 Å². The summed E-state index contributed by atoms with van der Waals surface area (Å²) < 4.78 is 15.4. The molecule has 0 amide bonds. The highest BCUT2D eigenvalue weighted by molar-refractivity contribution is 5.69. The summed E-state index contributed by atoms with van der Waals surface area (Å²) in [6.45, 7) is 2.87. The molecule has 1 unspecified atom stereocenters. The second kappa shape index (κ2) is 7.21. The Morgan fingerprint density at radius 2 is 2.35 bits per heavy atom. The van der Waals surface area contributed by atoms with Crippen molar-refractivity contribution in [3.63, 3.8) is 0 Å². The number of rotatable bonds is 5. The number of morpholine rings is 1. The van der Waals surface area contributed by atoms with Crippen LogP contribution in [-0.2, 0) is 20.8 Å². The number of esters is 1. The molecule has 0 bridgehead atoms. The lowest BCUT2D eigenvalue weighted by Crippen LogP contribution is -2.43. The lowest BCUT2D eigenvalue weighted by Gasteiger charge is -2.32. The van der Waals surface area contributed by atoms with Gasteiger partial charge >= 0.3 is 5.97 Å². The summed E-state index contributed by atoms with van der Waals surface area (Å²) in [7, 11) is 3.00. The number of hydrogen-bond acceptors (Lipinski definition) is 6. The Labute approximate surface area is 118 Å². The molecule has 2 heterocycles. The first kappa shape index (κ1) is 14.7. The molecule has 6 heteroatoms. The average Bonchev–Trinajstić information content (AvgIpc) is 2.47. The minimum atomic E-state index is -0.239. The molecule has 0 N–H and O–H groups in total. The molecule has 1 atom stereocenters. The topological polar surface area (TPSA) is 60.9 Å². The predicted octanol–water partition coefficient (Wildman–Crippen LogP) is 0.854. The zero-order valence-corrected chi connectivity index (χ0v) is 11.9. The van der Waals surface area contributed by atoms with E-state index in [1.54, 1.807) is 7.11 Å². The van der Waals surface area contributed by atoms with E-state index in [1.807, 2.05) is 18.2 Å². The Morgan fingerprint density at radius 3 is 3.10 bits per heavy atom. The van der Waals surface area contributed by atoms with Crippen LogP contribution in [0.4, 0.5) is 0 Å². The van der Waals surface area contributed by atoms with E-state index in [4.69, 9.17) is 9.47 Å². The monoisotopic (exact) mass is 280 g/mol. The van der Waals surface area contributed by atoms with Crippen molar-refractivity contribution in [2.24, 2.45) is 0 Å². The molecule has 0 radical (unpaired) electrons. The summed E-state index contributed by atoms with van der Waals surface area (Å²) in [5.41, 5.74) is 0.947. The van der Waals surface area contributed by atoms with Gasteiger partial charge in [0.2, 0.25) is 5.88 Å². The molecular formula is C14H20N2O4. The second-order valence-corrected chi connectivity index (χ2v) is 4.68. The average molecular weight is 280 g/mol. The van der Waals surface area contributed by atoms with Gasteiger partial charge in [0, 0.05) is 25.7 Å². The van der Waals surface area contributed by atoms with E-state index in [0.717, 1.165) is 18.8 Å². The molecule has 1 aliphatic rings. The molecular weight excluding hydrogens is 260 g/mol. The van der Waals surface area contributed by atoms with E-state index >= 15 is 0 Å². The van der Waals surface area contributed by atoms with Gasteiger partial charge in [-0.3, -0.25) is 9.69 Å². The van der Waals surface area contributed by atoms with Crippen LogP contribution < -0.4 is 4.74 Å². The Morgan fingerprint density at radius 1 is 1.50 bits per heavy atom. The van der Waals surface area contributed by atoms with E-state index in [-0.39, 0.29) is 12.1 Å². The number of ether oxygens (including phenoxy) is 3.